The van der Waals surface area contributed by atoms with E-state index in [1.54, 1.807) is 27.7 Å². The summed E-state index contributed by atoms with van der Waals surface area (Å²) in [6.45, 7) is 7.10. The SMILES string of the molecule is CC(C)C(O)C(=O)N(C)[C@H](C(N)=O)C(C)C. The minimum absolute atomic E-state index is 0.0780. The maximum absolute atomic E-state index is 11.8. The number of carbonyl (C=O) groups is 2. The van der Waals surface area contributed by atoms with Crippen LogP contribution < -0.4 is 5.73 Å². The van der Waals surface area contributed by atoms with Crippen LogP contribution in [0.1, 0.15) is 27.7 Å². The van der Waals surface area contributed by atoms with Crippen LogP contribution in [0.3, 0.4) is 0 Å². The van der Waals surface area contributed by atoms with Crippen LogP contribution in [0.15, 0.2) is 0 Å². The van der Waals surface area contributed by atoms with Gasteiger partial charge in [-0.15, -0.1) is 0 Å². The average molecular weight is 230 g/mol. The minimum atomic E-state index is -1.09. The number of hydrogen-bond acceptors (Lipinski definition) is 3. The van der Waals surface area contributed by atoms with Crippen LogP contribution in [-0.4, -0.2) is 41.0 Å². The van der Waals surface area contributed by atoms with Crippen molar-refractivity contribution in [3.8, 4) is 0 Å². The maximum atomic E-state index is 11.8. The Kier molecular flexibility index (Phi) is 5.44. The Bertz CT molecular complexity index is 264. The van der Waals surface area contributed by atoms with E-state index in [2.05, 4.69) is 0 Å². The standard InChI is InChI=1S/C11H22N2O3/c1-6(2)8(10(12)15)13(5)11(16)9(14)7(3)4/h6-9,14H,1-5H3,(H2,12,15)/t8-,9?/m0/s1. The van der Waals surface area contributed by atoms with Crippen molar-refractivity contribution in [2.75, 3.05) is 7.05 Å². The first kappa shape index (κ1) is 14.9. The molecule has 0 bridgehead atoms. The second kappa shape index (κ2) is 5.84. The summed E-state index contributed by atoms with van der Waals surface area (Å²) in [6, 6.07) is -0.680. The van der Waals surface area contributed by atoms with Gasteiger partial charge in [-0.05, 0) is 11.8 Å². The molecule has 2 amide bonds. The largest absolute Gasteiger partial charge is 0.383 e. The molecule has 0 saturated carbocycles. The summed E-state index contributed by atoms with van der Waals surface area (Å²) in [6.07, 6.45) is -1.09. The van der Waals surface area contributed by atoms with Crippen molar-refractivity contribution in [1.82, 2.24) is 4.90 Å². The molecule has 2 atom stereocenters. The molecule has 0 radical (unpaired) electrons. The van der Waals surface area contributed by atoms with E-state index < -0.39 is 24.0 Å². The summed E-state index contributed by atoms with van der Waals surface area (Å²) in [5.74, 6) is -1.28. The van der Waals surface area contributed by atoms with Gasteiger partial charge in [0.15, 0.2) is 0 Å². The Balaban J connectivity index is 4.81. The molecule has 0 fully saturated rings. The van der Waals surface area contributed by atoms with E-state index in [1.165, 1.54) is 11.9 Å². The highest BCUT2D eigenvalue weighted by Gasteiger charge is 2.32. The van der Waals surface area contributed by atoms with E-state index in [9.17, 15) is 14.7 Å². The highest BCUT2D eigenvalue weighted by molar-refractivity contribution is 5.88. The van der Waals surface area contributed by atoms with Crippen molar-refractivity contribution >= 4 is 11.8 Å². The topological polar surface area (TPSA) is 83.6 Å². The van der Waals surface area contributed by atoms with Crippen molar-refractivity contribution in [2.24, 2.45) is 17.6 Å². The molecule has 0 rings (SSSR count). The Hall–Kier alpha value is -1.10. The van der Waals surface area contributed by atoms with Crippen molar-refractivity contribution in [3.05, 3.63) is 0 Å². The summed E-state index contributed by atoms with van der Waals surface area (Å²) in [4.78, 5) is 24.3. The molecule has 1 unspecified atom stereocenters. The highest BCUT2D eigenvalue weighted by Crippen LogP contribution is 2.12. The van der Waals surface area contributed by atoms with E-state index in [-0.39, 0.29) is 11.8 Å². The van der Waals surface area contributed by atoms with Crippen molar-refractivity contribution in [3.63, 3.8) is 0 Å². The fourth-order valence-electron chi connectivity index (χ4n) is 1.60. The molecular formula is C11H22N2O3. The predicted octanol–water partition coefficient (Wildman–Crippen LogP) is -0.0284. The number of nitrogens with zero attached hydrogens (tertiary/aromatic N) is 1. The predicted molar refractivity (Wildman–Crippen MR) is 61.4 cm³/mol. The van der Waals surface area contributed by atoms with E-state index in [0.29, 0.717) is 0 Å². The lowest BCUT2D eigenvalue weighted by Gasteiger charge is -2.31. The Morgan fingerprint density at radius 3 is 1.81 bits per heavy atom. The highest BCUT2D eigenvalue weighted by atomic mass is 16.3. The summed E-state index contributed by atoms with van der Waals surface area (Å²) in [5.41, 5.74) is 5.24. The van der Waals surface area contributed by atoms with Crippen molar-refractivity contribution in [1.29, 1.82) is 0 Å². The van der Waals surface area contributed by atoms with E-state index in [4.69, 9.17) is 5.73 Å². The van der Waals surface area contributed by atoms with Gasteiger partial charge in [-0.1, -0.05) is 27.7 Å². The van der Waals surface area contributed by atoms with Gasteiger partial charge >= 0.3 is 0 Å². The first-order valence-corrected chi connectivity index (χ1v) is 5.44. The average Bonchev–Trinajstić information content (AvgIpc) is 2.13. The molecule has 16 heavy (non-hydrogen) atoms. The van der Waals surface area contributed by atoms with Gasteiger partial charge < -0.3 is 15.7 Å². The molecule has 5 heteroatoms. The molecule has 0 aromatic heterocycles. The van der Waals surface area contributed by atoms with Crippen molar-refractivity contribution < 1.29 is 14.7 Å². The fraction of sp³-hybridized carbons (Fsp3) is 0.818. The zero-order valence-electron chi connectivity index (χ0n) is 10.6. The molecule has 0 aromatic carbocycles. The molecule has 0 aliphatic heterocycles. The molecule has 3 N–H and O–H groups in total. The molecule has 0 saturated heterocycles. The van der Waals surface area contributed by atoms with Crippen LogP contribution in [0.25, 0.3) is 0 Å². The van der Waals surface area contributed by atoms with Gasteiger partial charge in [0.05, 0.1) is 0 Å². The summed E-state index contributed by atoms with van der Waals surface area (Å²) in [7, 11) is 1.49. The van der Waals surface area contributed by atoms with Crippen LogP contribution in [-0.2, 0) is 9.59 Å². The minimum Gasteiger partial charge on any atom is -0.383 e. The van der Waals surface area contributed by atoms with Gasteiger partial charge in [0, 0.05) is 7.05 Å². The number of amides is 2. The van der Waals surface area contributed by atoms with Gasteiger partial charge in [0.25, 0.3) is 5.91 Å². The third-order valence-electron chi connectivity index (χ3n) is 2.57. The number of aliphatic hydroxyl groups excluding tert-OH is 1. The van der Waals surface area contributed by atoms with E-state index >= 15 is 0 Å². The number of nitrogens with two attached hydrogens (primary N) is 1. The molecule has 94 valence electrons. The Morgan fingerprint density at radius 2 is 1.56 bits per heavy atom. The molecule has 0 heterocycles. The third-order valence-corrected chi connectivity index (χ3v) is 2.57. The van der Waals surface area contributed by atoms with Crippen LogP contribution >= 0.6 is 0 Å². The molecule has 0 aliphatic carbocycles. The molecule has 5 nitrogen and oxygen atoms in total. The Morgan fingerprint density at radius 1 is 1.12 bits per heavy atom. The number of aliphatic hydroxyl groups is 1. The molecule has 0 spiro atoms. The number of rotatable bonds is 5. The molecular weight excluding hydrogens is 208 g/mol. The number of carbonyl (C=O) groups excluding carboxylic acids is 2. The summed E-state index contributed by atoms with van der Waals surface area (Å²) < 4.78 is 0. The molecule has 0 aromatic rings. The first-order valence-electron chi connectivity index (χ1n) is 5.44. The van der Waals surface area contributed by atoms with Crippen molar-refractivity contribution in [2.45, 2.75) is 39.8 Å². The molecule has 0 aliphatic rings. The van der Waals surface area contributed by atoms with Gasteiger partial charge in [-0.3, -0.25) is 9.59 Å². The van der Waals surface area contributed by atoms with Gasteiger partial charge in [-0.2, -0.15) is 0 Å². The second-order valence-electron chi connectivity index (χ2n) is 4.73. The lowest BCUT2D eigenvalue weighted by atomic mass is 10.00. The van der Waals surface area contributed by atoms with Crippen LogP contribution in [0, 0.1) is 11.8 Å². The fourth-order valence-corrected chi connectivity index (χ4v) is 1.60. The zero-order chi connectivity index (χ0) is 13.0. The lowest BCUT2D eigenvalue weighted by molar-refractivity contribution is -0.147. The smallest absolute Gasteiger partial charge is 0.252 e. The summed E-state index contributed by atoms with van der Waals surface area (Å²) in [5, 5.41) is 9.63. The number of likely N-dealkylation sites (N-methyl/N-ethyl adjacent to an activating group) is 1. The van der Waals surface area contributed by atoms with Gasteiger partial charge in [0.1, 0.15) is 12.1 Å². The Labute approximate surface area is 96.6 Å². The third kappa shape index (κ3) is 3.48. The van der Waals surface area contributed by atoms with Crippen LogP contribution in [0.5, 0.6) is 0 Å². The first-order chi connectivity index (χ1) is 7.20. The van der Waals surface area contributed by atoms with Crippen LogP contribution in [0.2, 0.25) is 0 Å². The zero-order valence-corrected chi connectivity index (χ0v) is 10.6. The second-order valence-corrected chi connectivity index (χ2v) is 4.73. The quantitative estimate of drug-likeness (QED) is 0.695. The van der Waals surface area contributed by atoms with E-state index in [0.717, 1.165) is 0 Å². The monoisotopic (exact) mass is 230 g/mol. The van der Waals surface area contributed by atoms with Crippen LogP contribution in [0.4, 0.5) is 0 Å². The lowest BCUT2D eigenvalue weighted by Crippen LogP contribution is -2.52. The van der Waals surface area contributed by atoms with Gasteiger partial charge in [0.2, 0.25) is 5.91 Å². The maximum Gasteiger partial charge on any atom is 0.252 e. The number of hydrogen-bond donors (Lipinski definition) is 2. The van der Waals surface area contributed by atoms with Gasteiger partial charge in [-0.25, -0.2) is 0 Å². The normalized spacial score (nSPS) is 15.0. The van der Waals surface area contributed by atoms with E-state index in [1.807, 2.05) is 0 Å². The number of primary amides is 1. The summed E-state index contributed by atoms with van der Waals surface area (Å²) >= 11 is 0.